The maximum Gasteiger partial charge on any atom is 0.279 e. The Morgan fingerprint density at radius 1 is 1.27 bits per heavy atom. The molecule has 3 aromatic rings. The molecular weight excluding hydrogens is 358 g/mol. The molecule has 1 amide bonds. The van der Waals surface area contributed by atoms with E-state index in [0.29, 0.717) is 10.6 Å². The van der Waals surface area contributed by atoms with E-state index in [-0.39, 0.29) is 33.8 Å². The second-order valence-electron chi connectivity index (χ2n) is 5.65. The third kappa shape index (κ3) is 3.16. The average molecular weight is 372 g/mol. The van der Waals surface area contributed by atoms with E-state index < -0.39 is 11.0 Å². The molecule has 0 radical (unpaired) electrons. The number of carbonyl (C=O) groups excluding carboxylic acids is 1. The number of aromatic hydroxyl groups is 1. The first-order chi connectivity index (χ1) is 12.4. The van der Waals surface area contributed by atoms with Crippen molar-refractivity contribution in [3.63, 3.8) is 0 Å². The Morgan fingerprint density at radius 3 is 2.65 bits per heavy atom. The number of nitrogens with one attached hydrogen (secondary N) is 1. The van der Waals surface area contributed by atoms with Crippen molar-refractivity contribution in [3.05, 3.63) is 74.9 Å². The van der Waals surface area contributed by atoms with Crippen LogP contribution in [0.5, 0.6) is 5.75 Å². The Bertz CT molecular complexity index is 1020. The van der Waals surface area contributed by atoms with E-state index in [9.17, 15) is 20.0 Å². The number of fused-ring (bicyclic) bond motifs is 1. The van der Waals surface area contributed by atoms with Crippen molar-refractivity contribution in [1.29, 1.82) is 0 Å². The van der Waals surface area contributed by atoms with Crippen molar-refractivity contribution in [2.45, 2.75) is 13.0 Å². The molecule has 2 aromatic carbocycles. The summed E-state index contributed by atoms with van der Waals surface area (Å²) in [5.74, 6) is -0.622. The second kappa shape index (κ2) is 6.97. The van der Waals surface area contributed by atoms with Crippen LogP contribution in [-0.2, 0) is 4.79 Å². The molecule has 8 heteroatoms. The molecule has 132 valence electrons. The van der Waals surface area contributed by atoms with Crippen LogP contribution in [0.25, 0.3) is 10.9 Å². The molecule has 0 spiro atoms. The van der Waals surface area contributed by atoms with Crippen molar-refractivity contribution in [2.24, 2.45) is 0 Å². The lowest BCUT2D eigenvalue weighted by molar-refractivity contribution is -0.383. The second-order valence-corrected chi connectivity index (χ2v) is 6.05. The number of amides is 1. The highest BCUT2D eigenvalue weighted by Gasteiger charge is 2.27. The number of benzene rings is 2. The molecular formula is C18H14ClN3O4. The number of aromatic nitrogens is 1. The molecule has 0 unspecified atom stereocenters. The number of halogens is 1. The molecule has 0 bridgehead atoms. The smallest absolute Gasteiger partial charge is 0.279 e. The molecule has 1 aromatic heterocycles. The molecule has 0 saturated heterocycles. The fourth-order valence-electron chi connectivity index (χ4n) is 2.84. The summed E-state index contributed by atoms with van der Waals surface area (Å²) >= 11 is 6.24. The maximum absolute atomic E-state index is 11.7. The topological polar surface area (TPSA) is 105 Å². The summed E-state index contributed by atoms with van der Waals surface area (Å²) in [7, 11) is 0. The molecule has 2 N–H and O–H groups in total. The van der Waals surface area contributed by atoms with Crippen molar-refractivity contribution < 1.29 is 14.8 Å². The van der Waals surface area contributed by atoms with Crippen LogP contribution in [0.3, 0.4) is 0 Å². The molecule has 0 saturated carbocycles. The van der Waals surface area contributed by atoms with E-state index in [0.717, 1.165) is 0 Å². The summed E-state index contributed by atoms with van der Waals surface area (Å²) in [6.45, 7) is 1.31. The highest BCUT2D eigenvalue weighted by molar-refractivity contribution is 6.31. The normalized spacial score (nSPS) is 11.9. The lowest BCUT2D eigenvalue weighted by Crippen LogP contribution is -2.27. The standard InChI is InChI=1S/C18H14ClN3O4/c1-10(23)21-16(11-5-2-3-7-14(11)19)13-9-15(22(25)26)12-6-4-8-20-17(12)18(13)24/h2-9,16,24H,1H3,(H,21,23)/t16-/m1/s1. The summed E-state index contributed by atoms with van der Waals surface area (Å²) in [5.41, 5.74) is 0.512. The van der Waals surface area contributed by atoms with Crippen molar-refractivity contribution in [3.8, 4) is 5.75 Å². The zero-order valence-corrected chi connectivity index (χ0v) is 14.4. The van der Waals surface area contributed by atoms with Gasteiger partial charge in [-0.25, -0.2) is 0 Å². The fraction of sp³-hybridized carbons (Fsp3) is 0.111. The first kappa shape index (κ1) is 17.6. The van der Waals surface area contributed by atoms with Crippen molar-refractivity contribution in [1.82, 2.24) is 10.3 Å². The van der Waals surface area contributed by atoms with E-state index in [1.54, 1.807) is 30.3 Å². The minimum Gasteiger partial charge on any atom is -0.505 e. The van der Waals surface area contributed by atoms with Crippen molar-refractivity contribution >= 4 is 34.1 Å². The van der Waals surface area contributed by atoms with Gasteiger partial charge in [0.05, 0.1) is 16.4 Å². The Balaban J connectivity index is 2.32. The van der Waals surface area contributed by atoms with Gasteiger partial charge in [0.1, 0.15) is 11.3 Å². The Kier molecular flexibility index (Phi) is 4.73. The van der Waals surface area contributed by atoms with Crippen LogP contribution < -0.4 is 5.32 Å². The summed E-state index contributed by atoms with van der Waals surface area (Å²) in [6.07, 6.45) is 1.43. The summed E-state index contributed by atoms with van der Waals surface area (Å²) < 4.78 is 0. The molecule has 0 fully saturated rings. The Hall–Kier alpha value is -3.19. The van der Waals surface area contributed by atoms with Gasteiger partial charge in [-0.3, -0.25) is 19.9 Å². The van der Waals surface area contributed by atoms with Crippen LogP contribution in [0.2, 0.25) is 5.02 Å². The predicted molar refractivity (Wildman–Crippen MR) is 97.2 cm³/mol. The summed E-state index contributed by atoms with van der Waals surface area (Å²) in [6, 6.07) is 10.2. The van der Waals surface area contributed by atoms with Crippen LogP contribution in [0, 0.1) is 10.1 Å². The number of nitro benzene ring substituents is 1. The molecule has 1 atom stereocenters. The number of nitro groups is 1. The first-order valence-electron chi connectivity index (χ1n) is 7.66. The number of hydrogen-bond donors (Lipinski definition) is 2. The van der Waals surface area contributed by atoms with Crippen LogP contribution in [0.15, 0.2) is 48.7 Å². The third-order valence-corrected chi connectivity index (χ3v) is 4.29. The lowest BCUT2D eigenvalue weighted by atomic mass is 9.95. The van der Waals surface area contributed by atoms with E-state index in [1.807, 2.05) is 0 Å². The zero-order chi connectivity index (χ0) is 18.8. The van der Waals surface area contributed by atoms with Crippen LogP contribution in [0.4, 0.5) is 5.69 Å². The molecule has 0 aliphatic carbocycles. The number of phenolic OH excluding ortho intramolecular Hbond substituents is 1. The number of non-ortho nitro benzene ring substituents is 1. The molecule has 7 nitrogen and oxygen atoms in total. The van der Waals surface area contributed by atoms with Gasteiger partial charge in [0.15, 0.2) is 0 Å². The maximum atomic E-state index is 11.7. The number of phenols is 1. The first-order valence-corrected chi connectivity index (χ1v) is 8.04. The number of rotatable bonds is 4. The van der Waals surface area contributed by atoms with Gasteiger partial charge in [-0.15, -0.1) is 0 Å². The zero-order valence-electron chi connectivity index (χ0n) is 13.6. The van der Waals surface area contributed by atoms with Gasteiger partial charge in [-0.05, 0) is 23.8 Å². The third-order valence-electron chi connectivity index (χ3n) is 3.95. The van der Waals surface area contributed by atoms with E-state index in [4.69, 9.17) is 11.6 Å². The van der Waals surface area contributed by atoms with Crippen molar-refractivity contribution in [2.75, 3.05) is 0 Å². The molecule has 26 heavy (non-hydrogen) atoms. The quantitative estimate of drug-likeness (QED) is 0.537. The monoisotopic (exact) mass is 371 g/mol. The summed E-state index contributed by atoms with van der Waals surface area (Å²) in [5, 5.41) is 25.5. The van der Waals surface area contributed by atoms with Gasteiger partial charge in [0.25, 0.3) is 5.69 Å². The predicted octanol–water partition coefficient (Wildman–Crippen LogP) is 3.73. The highest BCUT2D eigenvalue weighted by Crippen LogP contribution is 2.40. The molecule has 0 aliphatic rings. The number of nitrogens with zero attached hydrogens (tertiary/aromatic N) is 2. The Morgan fingerprint density at radius 2 is 2.00 bits per heavy atom. The van der Waals surface area contributed by atoms with Gasteiger partial charge >= 0.3 is 0 Å². The van der Waals surface area contributed by atoms with Gasteiger partial charge in [-0.1, -0.05) is 29.8 Å². The van der Waals surface area contributed by atoms with Gasteiger partial charge in [-0.2, -0.15) is 0 Å². The number of hydrogen-bond acceptors (Lipinski definition) is 5. The van der Waals surface area contributed by atoms with Crippen LogP contribution in [0.1, 0.15) is 24.1 Å². The number of carbonyl (C=O) groups is 1. The lowest BCUT2D eigenvalue weighted by Gasteiger charge is -2.21. The number of pyridine rings is 1. The van der Waals surface area contributed by atoms with E-state index >= 15 is 0 Å². The highest BCUT2D eigenvalue weighted by atomic mass is 35.5. The van der Waals surface area contributed by atoms with Gasteiger partial charge in [0.2, 0.25) is 5.91 Å². The Labute approximate surface area is 153 Å². The van der Waals surface area contributed by atoms with Crippen LogP contribution >= 0.6 is 11.6 Å². The summed E-state index contributed by atoms with van der Waals surface area (Å²) in [4.78, 5) is 26.7. The molecule has 3 rings (SSSR count). The SMILES string of the molecule is CC(=O)N[C@H](c1ccccc1Cl)c1cc([N+](=O)[O-])c2cccnc2c1O. The minimum atomic E-state index is -0.869. The van der Waals surface area contributed by atoms with E-state index in [1.165, 1.54) is 25.3 Å². The van der Waals surface area contributed by atoms with Gasteiger partial charge < -0.3 is 10.4 Å². The molecule has 1 heterocycles. The van der Waals surface area contributed by atoms with Gasteiger partial charge in [0, 0.05) is 29.8 Å². The van der Waals surface area contributed by atoms with Crippen LogP contribution in [-0.4, -0.2) is 20.9 Å². The average Bonchev–Trinajstić information content (AvgIpc) is 2.61. The fourth-order valence-corrected chi connectivity index (χ4v) is 3.08. The van der Waals surface area contributed by atoms with E-state index in [2.05, 4.69) is 10.3 Å². The largest absolute Gasteiger partial charge is 0.505 e. The molecule has 0 aliphatic heterocycles. The minimum absolute atomic E-state index is 0.0825.